The summed E-state index contributed by atoms with van der Waals surface area (Å²) in [4.78, 5) is 0. The fourth-order valence-electron chi connectivity index (χ4n) is 1.56. The van der Waals surface area contributed by atoms with E-state index in [9.17, 15) is 8.42 Å². The van der Waals surface area contributed by atoms with Gasteiger partial charge < -0.3 is 5.73 Å². The zero-order valence-corrected chi connectivity index (χ0v) is 13.4. The minimum absolute atomic E-state index is 0.318. The van der Waals surface area contributed by atoms with Gasteiger partial charge in [-0.15, -0.1) is 11.3 Å². The van der Waals surface area contributed by atoms with Crippen molar-refractivity contribution < 1.29 is 8.42 Å². The molecule has 102 valence electrons. The van der Waals surface area contributed by atoms with Crippen molar-refractivity contribution in [2.45, 2.75) is 10.8 Å². The molecule has 0 amide bonds. The molecule has 2 aromatic rings. The van der Waals surface area contributed by atoms with E-state index in [1.54, 1.807) is 31.3 Å². The maximum Gasteiger partial charge on any atom is 0.252 e. The molecule has 19 heavy (non-hydrogen) atoms. The third-order valence-corrected chi connectivity index (χ3v) is 6.49. The third-order valence-electron chi connectivity index (χ3n) is 2.60. The fraction of sp³-hybridized carbons (Fsp3) is 0.167. The van der Waals surface area contributed by atoms with Gasteiger partial charge in [-0.05, 0) is 45.8 Å². The predicted octanol–water partition coefficient (Wildman–Crippen LogP) is 2.91. The molecular formula is C12H13BrN2O2S2. The zero-order chi connectivity index (χ0) is 14.0. The number of hydrogen-bond acceptors (Lipinski definition) is 4. The predicted molar refractivity (Wildman–Crippen MR) is 81.5 cm³/mol. The molecule has 0 aliphatic heterocycles. The number of nitrogens with two attached hydrogens (primary N) is 1. The topological polar surface area (TPSA) is 63.4 Å². The largest absolute Gasteiger partial charge is 0.399 e. The summed E-state index contributed by atoms with van der Waals surface area (Å²) in [7, 11) is -1.87. The summed E-state index contributed by atoms with van der Waals surface area (Å²) >= 11 is 4.47. The second-order valence-corrected chi connectivity index (χ2v) is 8.80. The van der Waals surface area contributed by atoms with Gasteiger partial charge in [-0.1, -0.05) is 12.1 Å². The summed E-state index contributed by atoms with van der Waals surface area (Å²) < 4.78 is 27.1. The Hall–Kier alpha value is -0.890. The van der Waals surface area contributed by atoms with Crippen LogP contribution in [0.3, 0.4) is 0 Å². The highest BCUT2D eigenvalue weighted by atomic mass is 79.9. The van der Waals surface area contributed by atoms with E-state index in [0.29, 0.717) is 16.4 Å². The van der Waals surface area contributed by atoms with E-state index in [4.69, 9.17) is 5.73 Å². The summed E-state index contributed by atoms with van der Waals surface area (Å²) in [6.45, 7) is 0.318. The van der Waals surface area contributed by atoms with Crippen LogP contribution >= 0.6 is 27.3 Å². The molecule has 0 aliphatic rings. The molecule has 2 rings (SSSR count). The summed E-state index contributed by atoms with van der Waals surface area (Å²) in [5.74, 6) is 0. The molecule has 0 aliphatic carbocycles. The second-order valence-electron chi connectivity index (χ2n) is 4.06. The summed E-state index contributed by atoms with van der Waals surface area (Å²) in [5, 5.41) is 0. The Bertz CT molecular complexity index is 665. The molecule has 2 N–H and O–H groups in total. The van der Waals surface area contributed by atoms with Crippen LogP contribution in [0.1, 0.15) is 5.56 Å². The van der Waals surface area contributed by atoms with E-state index in [0.717, 1.165) is 9.35 Å². The number of rotatable bonds is 4. The van der Waals surface area contributed by atoms with Crippen LogP contribution in [0, 0.1) is 0 Å². The van der Waals surface area contributed by atoms with Gasteiger partial charge in [-0.3, -0.25) is 0 Å². The van der Waals surface area contributed by atoms with Gasteiger partial charge in [0.25, 0.3) is 10.0 Å². The van der Waals surface area contributed by atoms with Crippen LogP contribution in [0.25, 0.3) is 0 Å². The Kier molecular flexibility index (Phi) is 4.29. The van der Waals surface area contributed by atoms with Gasteiger partial charge in [0, 0.05) is 19.3 Å². The van der Waals surface area contributed by atoms with Crippen LogP contribution in [0.4, 0.5) is 5.69 Å². The maximum atomic E-state index is 12.3. The maximum absolute atomic E-state index is 12.3. The number of thiophene rings is 1. The van der Waals surface area contributed by atoms with Crippen LogP contribution in [0.2, 0.25) is 0 Å². The number of sulfonamides is 1. The minimum atomic E-state index is -3.44. The van der Waals surface area contributed by atoms with Gasteiger partial charge in [0.15, 0.2) is 0 Å². The van der Waals surface area contributed by atoms with E-state index in [-0.39, 0.29) is 0 Å². The lowest BCUT2D eigenvalue weighted by Gasteiger charge is -2.16. The molecule has 0 fully saturated rings. The molecule has 0 unspecified atom stereocenters. The lowest BCUT2D eigenvalue weighted by molar-refractivity contribution is 0.468. The van der Waals surface area contributed by atoms with Crippen LogP contribution in [0.5, 0.6) is 0 Å². The van der Waals surface area contributed by atoms with Crippen LogP contribution in [-0.4, -0.2) is 19.8 Å². The van der Waals surface area contributed by atoms with Crippen molar-refractivity contribution in [1.82, 2.24) is 4.31 Å². The van der Waals surface area contributed by atoms with E-state index < -0.39 is 10.0 Å². The minimum Gasteiger partial charge on any atom is -0.399 e. The Morgan fingerprint density at radius 3 is 2.37 bits per heavy atom. The molecular weight excluding hydrogens is 348 g/mol. The van der Waals surface area contributed by atoms with Gasteiger partial charge >= 0.3 is 0 Å². The molecule has 0 radical (unpaired) electrons. The van der Waals surface area contributed by atoms with Crippen molar-refractivity contribution in [3.63, 3.8) is 0 Å². The van der Waals surface area contributed by atoms with Crippen molar-refractivity contribution in [1.29, 1.82) is 0 Å². The van der Waals surface area contributed by atoms with Crippen molar-refractivity contribution in [3.05, 3.63) is 45.7 Å². The first-order valence-electron chi connectivity index (χ1n) is 5.45. The average Bonchev–Trinajstić information content (AvgIpc) is 2.79. The van der Waals surface area contributed by atoms with Crippen LogP contribution in [-0.2, 0) is 16.6 Å². The van der Waals surface area contributed by atoms with E-state index in [1.165, 1.54) is 15.6 Å². The van der Waals surface area contributed by atoms with Crippen LogP contribution < -0.4 is 5.73 Å². The molecule has 4 nitrogen and oxygen atoms in total. The summed E-state index contributed by atoms with van der Waals surface area (Å²) in [6, 6.07) is 10.5. The monoisotopic (exact) mass is 360 g/mol. The van der Waals surface area contributed by atoms with Crippen LogP contribution in [0.15, 0.2) is 44.4 Å². The molecule has 0 bridgehead atoms. The standard InChI is InChI=1S/C12H13BrN2O2S2/c1-15(8-9-2-4-10(14)5-3-9)19(16,17)12-7-6-11(13)18-12/h2-7H,8,14H2,1H3. The second kappa shape index (κ2) is 5.62. The summed E-state index contributed by atoms with van der Waals surface area (Å²) in [6.07, 6.45) is 0. The third kappa shape index (κ3) is 3.36. The number of nitrogens with zero attached hydrogens (tertiary/aromatic N) is 1. The Balaban J connectivity index is 2.19. The van der Waals surface area contributed by atoms with Gasteiger partial charge in [0.1, 0.15) is 4.21 Å². The first kappa shape index (κ1) is 14.5. The van der Waals surface area contributed by atoms with E-state index in [1.807, 2.05) is 12.1 Å². The van der Waals surface area contributed by atoms with Gasteiger partial charge in [0.2, 0.25) is 0 Å². The number of nitrogen functional groups attached to an aromatic ring is 1. The van der Waals surface area contributed by atoms with Crippen molar-refractivity contribution >= 4 is 43.0 Å². The number of hydrogen-bond donors (Lipinski definition) is 1. The highest BCUT2D eigenvalue weighted by Crippen LogP contribution is 2.28. The summed E-state index contributed by atoms with van der Waals surface area (Å²) in [5.41, 5.74) is 7.16. The molecule has 7 heteroatoms. The molecule has 0 saturated heterocycles. The molecule has 0 spiro atoms. The number of anilines is 1. The molecule has 0 atom stereocenters. The van der Waals surface area contributed by atoms with Gasteiger partial charge in [-0.25, -0.2) is 8.42 Å². The number of benzene rings is 1. The highest BCUT2D eigenvalue weighted by Gasteiger charge is 2.22. The first-order valence-corrected chi connectivity index (χ1v) is 8.50. The SMILES string of the molecule is CN(Cc1ccc(N)cc1)S(=O)(=O)c1ccc(Br)s1. The molecule has 1 aromatic carbocycles. The Labute approximate surface area is 125 Å². The lowest BCUT2D eigenvalue weighted by Crippen LogP contribution is -2.25. The molecule has 1 aromatic heterocycles. The number of halogens is 1. The van der Waals surface area contributed by atoms with Gasteiger partial charge in [-0.2, -0.15) is 4.31 Å². The van der Waals surface area contributed by atoms with Crippen molar-refractivity contribution in [2.24, 2.45) is 0 Å². The highest BCUT2D eigenvalue weighted by molar-refractivity contribution is 9.11. The molecule has 0 saturated carbocycles. The lowest BCUT2D eigenvalue weighted by atomic mass is 10.2. The smallest absolute Gasteiger partial charge is 0.252 e. The first-order chi connectivity index (χ1) is 8.89. The quantitative estimate of drug-likeness (QED) is 0.852. The zero-order valence-electron chi connectivity index (χ0n) is 10.2. The van der Waals surface area contributed by atoms with Crippen molar-refractivity contribution in [3.8, 4) is 0 Å². The normalized spacial score (nSPS) is 11.9. The average molecular weight is 361 g/mol. The van der Waals surface area contributed by atoms with E-state index in [2.05, 4.69) is 15.9 Å². The Morgan fingerprint density at radius 1 is 1.21 bits per heavy atom. The fourth-order valence-corrected chi connectivity index (χ4v) is 4.93. The van der Waals surface area contributed by atoms with Crippen molar-refractivity contribution in [2.75, 3.05) is 12.8 Å². The van der Waals surface area contributed by atoms with Gasteiger partial charge in [0.05, 0.1) is 3.79 Å². The Morgan fingerprint density at radius 2 is 1.84 bits per heavy atom. The van der Waals surface area contributed by atoms with E-state index >= 15 is 0 Å². The molecule has 1 heterocycles.